The van der Waals surface area contributed by atoms with Gasteiger partial charge in [-0.25, -0.2) is 0 Å². The maximum Gasteiger partial charge on any atom is 0.193 e. The summed E-state index contributed by atoms with van der Waals surface area (Å²) in [4.78, 5) is 7.45. The summed E-state index contributed by atoms with van der Waals surface area (Å²) in [6.45, 7) is 3.25. The van der Waals surface area contributed by atoms with Crippen LogP contribution in [0, 0.1) is 0 Å². The third-order valence-corrected chi connectivity index (χ3v) is 5.72. The number of anilines is 1. The van der Waals surface area contributed by atoms with Crippen LogP contribution in [0.2, 0.25) is 0 Å². The minimum atomic E-state index is 0.227. The second-order valence-electron chi connectivity index (χ2n) is 7.39. The Labute approximate surface area is 151 Å². The molecule has 0 amide bonds. The fourth-order valence-electron chi connectivity index (χ4n) is 4.25. The van der Waals surface area contributed by atoms with Crippen LogP contribution >= 0.6 is 0 Å². The summed E-state index contributed by atoms with van der Waals surface area (Å²) in [5.74, 6) is 1.35. The molecule has 1 saturated carbocycles. The van der Waals surface area contributed by atoms with Crippen molar-refractivity contribution in [3.05, 3.63) is 24.3 Å². The van der Waals surface area contributed by atoms with Crippen LogP contribution in [0.1, 0.15) is 51.4 Å². The molecule has 138 valence electrons. The summed E-state index contributed by atoms with van der Waals surface area (Å²) in [6.07, 6.45) is 10.5. The second kappa shape index (κ2) is 8.56. The molecule has 3 rings (SSSR count). The fourth-order valence-corrected chi connectivity index (χ4v) is 4.25. The third kappa shape index (κ3) is 4.66. The zero-order valence-corrected chi connectivity index (χ0v) is 15.5. The van der Waals surface area contributed by atoms with E-state index in [2.05, 4.69) is 10.2 Å². The summed E-state index contributed by atoms with van der Waals surface area (Å²) in [5, 5.41) is 3.21. The largest absolute Gasteiger partial charge is 0.497 e. The fraction of sp³-hybridized carbons (Fsp3) is 0.650. The predicted molar refractivity (Wildman–Crippen MR) is 104 cm³/mol. The number of aliphatic imine (C=N–C) groups is 1. The summed E-state index contributed by atoms with van der Waals surface area (Å²) < 4.78 is 5.19. The van der Waals surface area contributed by atoms with Crippen LogP contribution in [0.5, 0.6) is 5.75 Å². The molecule has 2 fully saturated rings. The smallest absolute Gasteiger partial charge is 0.193 e. The number of hydrogen-bond acceptors (Lipinski definition) is 3. The summed E-state index contributed by atoms with van der Waals surface area (Å²) in [5.41, 5.74) is 7.34. The second-order valence-corrected chi connectivity index (χ2v) is 7.39. The number of piperidine rings is 1. The van der Waals surface area contributed by atoms with Gasteiger partial charge in [-0.05, 0) is 63.0 Å². The van der Waals surface area contributed by atoms with Crippen molar-refractivity contribution in [2.45, 2.75) is 56.9 Å². The molecule has 0 spiro atoms. The van der Waals surface area contributed by atoms with E-state index in [0.717, 1.165) is 18.0 Å². The van der Waals surface area contributed by atoms with Crippen molar-refractivity contribution in [2.24, 2.45) is 10.7 Å². The number of rotatable bonds is 5. The van der Waals surface area contributed by atoms with Crippen molar-refractivity contribution in [1.29, 1.82) is 0 Å². The van der Waals surface area contributed by atoms with Gasteiger partial charge in [-0.2, -0.15) is 0 Å². The van der Waals surface area contributed by atoms with Crippen molar-refractivity contribution in [2.75, 3.05) is 32.1 Å². The summed E-state index contributed by atoms with van der Waals surface area (Å²) in [7, 11) is 1.67. The van der Waals surface area contributed by atoms with E-state index in [1.54, 1.807) is 7.11 Å². The molecule has 5 nitrogen and oxygen atoms in total. The Balaban J connectivity index is 1.64. The van der Waals surface area contributed by atoms with E-state index >= 15 is 0 Å². The van der Waals surface area contributed by atoms with Gasteiger partial charge in [-0.1, -0.05) is 25.7 Å². The number of nitrogens with one attached hydrogen (secondary N) is 1. The van der Waals surface area contributed by atoms with Crippen molar-refractivity contribution < 1.29 is 4.74 Å². The molecule has 0 atom stereocenters. The molecule has 0 bridgehead atoms. The molecule has 5 heteroatoms. The van der Waals surface area contributed by atoms with Gasteiger partial charge in [-0.15, -0.1) is 0 Å². The van der Waals surface area contributed by atoms with Crippen LogP contribution in [-0.4, -0.2) is 43.1 Å². The molecule has 1 aromatic carbocycles. The van der Waals surface area contributed by atoms with Gasteiger partial charge >= 0.3 is 0 Å². The maximum atomic E-state index is 6.17. The molecule has 1 heterocycles. The lowest BCUT2D eigenvalue weighted by atomic mass is 9.79. The van der Waals surface area contributed by atoms with Crippen LogP contribution in [0.3, 0.4) is 0 Å². The molecule has 1 aliphatic carbocycles. The van der Waals surface area contributed by atoms with Gasteiger partial charge in [0, 0.05) is 11.2 Å². The molecule has 1 aromatic rings. The van der Waals surface area contributed by atoms with Gasteiger partial charge in [0.15, 0.2) is 5.96 Å². The quantitative estimate of drug-likeness (QED) is 0.633. The highest BCUT2D eigenvalue weighted by Gasteiger charge is 2.38. The Morgan fingerprint density at radius 2 is 1.72 bits per heavy atom. The van der Waals surface area contributed by atoms with E-state index in [1.807, 2.05) is 24.3 Å². The number of methoxy groups -OCH3 is 1. The average molecular weight is 345 g/mol. The van der Waals surface area contributed by atoms with E-state index in [0.29, 0.717) is 5.96 Å². The number of hydrogen-bond donors (Lipinski definition) is 2. The van der Waals surface area contributed by atoms with Crippen LogP contribution in [-0.2, 0) is 0 Å². The Bertz CT molecular complexity index is 558. The first-order chi connectivity index (χ1) is 12.2. The van der Waals surface area contributed by atoms with Crippen LogP contribution in [0.4, 0.5) is 5.69 Å². The molecule has 3 N–H and O–H groups in total. The van der Waals surface area contributed by atoms with E-state index in [9.17, 15) is 0 Å². The first-order valence-electron chi connectivity index (χ1n) is 9.68. The Hall–Kier alpha value is -1.75. The number of benzene rings is 1. The maximum absolute atomic E-state index is 6.17. The van der Waals surface area contributed by atoms with Crippen molar-refractivity contribution in [1.82, 2.24) is 4.90 Å². The van der Waals surface area contributed by atoms with Crippen molar-refractivity contribution in [3.63, 3.8) is 0 Å². The molecule has 2 aliphatic rings. The average Bonchev–Trinajstić information content (AvgIpc) is 2.68. The minimum absolute atomic E-state index is 0.227. The number of likely N-dealkylation sites (tertiary alicyclic amines) is 1. The highest BCUT2D eigenvalue weighted by atomic mass is 16.5. The molecule has 25 heavy (non-hydrogen) atoms. The number of ether oxygens (including phenoxy) is 1. The third-order valence-electron chi connectivity index (χ3n) is 5.72. The van der Waals surface area contributed by atoms with Gasteiger partial charge in [0.05, 0.1) is 13.7 Å². The van der Waals surface area contributed by atoms with Gasteiger partial charge in [0.2, 0.25) is 0 Å². The van der Waals surface area contributed by atoms with Crippen molar-refractivity contribution in [3.8, 4) is 5.75 Å². The Morgan fingerprint density at radius 3 is 2.36 bits per heavy atom. The minimum Gasteiger partial charge on any atom is -0.497 e. The first-order valence-corrected chi connectivity index (χ1v) is 9.68. The monoisotopic (exact) mass is 344 g/mol. The molecule has 1 aliphatic heterocycles. The van der Waals surface area contributed by atoms with E-state index in [1.165, 1.54) is 64.5 Å². The normalized spacial score (nSPS) is 21.7. The zero-order valence-electron chi connectivity index (χ0n) is 15.5. The number of nitrogens with zero attached hydrogens (tertiary/aromatic N) is 2. The molecule has 0 radical (unpaired) electrons. The van der Waals surface area contributed by atoms with Crippen LogP contribution < -0.4 is 15.8 Å². The van der Waals surface area contributed by atoms with E-state index in [-0.39, 0.29) is 5.54 Å². The lowest BCUT2D eigenvalue weighted by Gasteiger charge is -2.47. The topological polar surface area (TPSA) is 62.9 Å². The molecule has 0 unspecified atom stereocenters. The van der Waals surface area contributed by atoms with E-state index < -0.39 is 0 Å². The zero-order chi connectivity index (χ0) is 17.5. The van der Waals surface area contributed by atoms with E-state index in [4.69, 9.17) is 15.5 Å². The van der Waals surface area contributed by atoms with Gasteiger partial charge in [0.25, 0.3) is 0 Å². The molecule has 0 aromatic heterocycles. The number of guanidine groups is 1. The standard InChI is InChI=1S/C20H32N4O/c1-25-18-10-8-17(9-11-18)23-19(21)22-16-20(12-4-2-5-13-20)24-14-6-3-7-15-24/h8-11H,2-7,12-16H2,1H3,(H3,21,22,23). The predicted octanol–water partition coefficient (Wildman–Crippen LogP) is 3.61. The highest BCUT2D eigenvalue weighted by Crippen LogP contribution is 2.35. The van der Waals surface area contributed by atoms with Crippen molar-refractivity contribution >= 4 is 11.6 Å². The molecular weight excluding hydrogens is 312 g/mol. The SMILES string of the molecule is COc1ccc(NC(N)=NCC2(N3CCCCC3)CCCCC2)cc1. The molecular formula is C20H32N4O. The number of nitrogens with two attached hydrogens (primary N) is 1. The van der Waals surface area contributed by atoms with Crippen LogP contribution in [0.25, 0.3) is 0 Å². The highest BCUT2D eigenvalue weighted by molar-refractivity contribution is 5.92. The summed E-state index contributed by atoms with van der Waals surface area (Å²) >= 11 is 0. The Morgan fingerprint density at radius 1 is 1.08 bits per heavy atom. The molecule has 1 saturated heterocycles. The van der Waals surface area contributed by atoms with Gasteiger partial charge < -0.3 is 15.8 Å². The van der Waals surface area contributed by atoms with Gasteiger partial charge in [-0.3, -0.25) is 9.89 Å². The van der Waals surface area contributed by atoms with Gasteiger partial charge in [0.1, 0.15) is 5.75 Å². The lowest BCUT2D eigenvalue weighted by Crippen LogP contribution is -2.54. The lowest BCUT2D eigenvalue weighted by molar-refractivity contribution is 0.0408. The van der Waals surface area contributed by atoms with Crippen LogP contribution in [0.15, 0.2) is 29.3 Å². The first kappa shape index (κ1) is 18.1. The summed E-state index contributed by atoms with van der Waals surface area (Å²) in [6, 6.07) is 7.77. The Kier molecular flexibility index (Phi) is 6.19.